The van der Waals surface area contributed by atoms with E-state index in [-0.39, 0.29) is 5.82 Å². The second-order valence-corrected chi connectivity index (χ2v) is 4.08. The molecule has 2 aromatic rings. The highest BCUT2D eigenvalue weighted by Gasteiger charge is 2.03. The molecule has 0 amide bonds. The van der Waals surface area contributed by atoms with E-state index in [1.807, 2.05) is 11.4 Å². The quantitative estimate of drug-likeness (QED) is 0.759. The highest BCUT2D eigenvalue weighted by Crippen LogP contribution is 2.23. The lowest BCUT2D eigenvalue weighted by molar-refractivity contribution is 0.621. The van der Waals surface area contributed by atoms with E-state index in [2.05, 4.69) is 20.9 Å². The van der Waals surface area contributed by atoms with E-state index in [0.29, 0.717) is 4.47 Å². The van der Waals surface area contributed by atoms with Gasteiger partial charge < -0.3 is 0 Å². The monoisotopic (exact) mass is 257 g/mol. The zero-order valence-corrected chi connectivity index (χ0v) is 8.90. The first-order valence-electron chi connectivity index (χ1n) is 3.61. The largest absolute Gasteiger partial charge is 0.245 e. The van der Waals surface area contributed by atoms with Crippen molar-refractivity contribution in [3.05, 3.63) is 39.4 Å². The number of halogens is 2. The molecule has 2 rings (SSSR count). The fourth-order valence-electron chi connectivity index (χ4n) is 1.01. The van der Waals surface area contributed by atoms with Crippen molar-refractivity contribution in [1.82, 2.24) is 4.98 Å². The van der Waals surface area contributed by atoms with E-state index in [1.54, 1.807) is 11.6 Å². The first-order chi connectivity index (χ1) is 6.27. The molecule has 0 spiro atoms. The predicted octanol–water partition coefficient (Wildman–Crippen LogP) is 3.71. The van der Waals surface area contributed by atoms with Crippen LogP contribution >= 0.6 is 27.3 Å². The fourth-order valence-corrected chi connectivity index (χ4v) is 1.82. The molecular weight excluding hydrogens is 253 g/mol. The highest BCUT2D eigenvalue weighted by atomic mass is 79.9. The van der Waals surface area contributed by atoms with Gasteiger partial charge in [-0.1, -0.05) is 6.07 Å². The van der Waals surface area contributed by atoms with Crippen LogP contribution in [0.4, 0.5) is 4.39 Å². The van der Waals surface area contributed by atoms with Crippen molar-refractivity contribution in [3.63, 3.8) is 0 Å². The molecular formula is C9H5BrFNS. The maximum absolute atomic E-state index is 13.1. The minimum absolute atomic E-state index is 0.259. The molecule has 0 unspecified atom stereocenters. The summed E-state index contributed by atoms with van der Waals surface area (Å²) in [5, 5.41) is 1.89. The summed E-state index contributed by atoms with van der Waals surface area (Å²) in [5.41, 5.74) is 3.35. The van der Waals surface area contributed by atoms with E-state index in [9.17, 15) is 4.39 Å². The van der Waals surface area contributed by atoms with Crippen LogP contribution in [0.5, 0.6) is 0 Å². The highest BCUT2D eigenvalue weighted by molar-refractivity contribution is 9.10. The number of rotatable bonds is 1. The Hall–Kier alpha value is -0.740. The van der Waals surface area contributed by atoms with Crippen molar-refractivity contribution < 1.29 is 4.39 Å². The first kappa shape index (κ1) is 8.84. The molecule has 66 valence electrons. The third-order valence-electron chi connectivity index (χ3n) is 1.65. The Bertz CT molecular complexity index is 414. The Morgan fingerprint density at radius 1 is 1.38 bits per heavy atom. The molecule has 0 saturated heterocycles. The Morgan fingerprint density at radius 3 is 2.85 bits per heavy atom. The third kappa shape index (κ3) is 1.78. The Kier molecular flexibility index (Phi) is 2.42. The Labute approximate surface area is 87.4 Å². The van der Waals surface area contributed by atoms with E-state index >= 15 is 0 Å². The van der Waals surface area contributed by atoms with Crippen molar-refractivity contribution in [2.24, 2.45) is 0 Å². The number of hydrogen-bond donors (Lipinski definition) is 0. The molecule has 1 heterocycles. The van der Waals surface area contributed by atoms with Crippen molar-refractivity contribution in [2.75, 3.05) is 0 Å². The van der Waals surface area contributed by atoms with Gasteiger partial charge in [-0.15, -0.1) is 11.3 Å². The van der Waals surface area contributed by atoms with Gasteiger partial charge in [-0.2, -0.15) is 0 Å². The predicted molar refractivity (Wildman–Crippen MR) is 55.2 cm³/mol. The fraction of sp³-hybridized carbons (Fsp3) is 0. The minimum atomic E-state index is -0.259. The summed E-state index contributed by atoms with van der Waals surface area (Å²) >= 11 is 4.60. The number of hydrogen-bond acceptors (Lipinski definition) is 2. The van der Waals surface area contributed by atoms with Crippen molar-refractivity contribution in [2.45, 2.75) is 0 Å². The van der Waals surface area contributed by atoms with Crippen LogP contribution in [0.15, 0.2) is 33.6 Å². The molecule has 0 aliphatic rings. The van der Waals surface area contributed by atoms with E-state index in [0.717, 1.165) is 11.3 Å². The molecule has 1 nitrogen and oxygen atoms in total. The lowest BCUT2D eigenvalue weighted by Gasteiger charge is -1.97. The van der Waals surface area contributed by atoms with Gasteiger partial charge in [0.15, 0.2) is 0 Å². The molecule has 4 heteroatoms. The standard InChI is InChI=1S/C9H5BrFNS/c10-7-2-1-6(3-8(7)11)9-4-13-5-12-9/h1-5H. The average Bonchev–Trinajstić information content (AvgIpc) is 2.62. The SMILES string of the molecule is Fc1cc(-c2cscn2)ccc1Br. The van der Waals surface area contributed by atoms with Gasteiger partial charge in [0.25, 0.3) is 0 Å². The van der Waals surface area contributed by atoms with Crippen molar-refractivity contribution in [1.29, 1.82) is 0 Å². The van der Waals surface area contributed by atoms with Crippen LogP contribution in [0.2, 0.25) is 0 Å². The summed E-state index contributed by atoms with van der Waals surface area (Å²) < 4.78 is 13.6. The molecule has 1 aromatic carbocycles. The van der Waals surface area contributed by atoms with Gasteiger partial charge in [0.1, 0.15) is 5.82 Å². The van der Waals surface area contributed by atoms with Crippen LogP contribution in [-0.2, 0) is 0 Å². The molecule has 0 bridgehead atoms. The zero-order valence-electron chi connectivity index (χ0n) is 6.50. The lowest BCUT2D eigenvalue weighted by atomic mass is 10.2. The Morgan fingerprint density at radius 2 is 2.23 bits per heavy atom. The van der Waals surface area contributed by atoms with Crippen LogP contribution in [-0.4, -0.2) is 4.98 Å². The van der Waals surface area contributed by atoms with Gasteiger partial charge in [0.05, 0.1) is 15.7 Å². The summed E-state index contributed by atoms with van der Waals surface area (Å²) in [6.45, 7) is 0. The molecule has 0 aliphatic carbocycles. The Balaban J connectivity index is 2.49. The minimum Gasteiger partial charge on any atom is -0.245 e. The molecule has 1 aromatic heterocycles. The van der Waals surface area contributed by atoms with Gasteiger partial charge in [-0.05, 0) is 28.1 Å². The second kappa shape index (κ2) is 3.55. The van der Waals surface area contributed by atoms with Gasteiger partial charge in [0.2, 0.25) is 0 Å². The normalized spacial score (nSPS) is 10.3. The van der Waals surface area contributed by atoms with E-state index in [1.165, 1.54) is 17.4 Å². The van der Waals surface area contributed by atoms with Crippen molar-refractivity contribution in [3.8, 4) is 11.3 Å². The smallest absolute Gasteiger partial charge is 0.138 e. The van der Waals surface area contributed by atoms with Crippen LogP contribution in [0, 0.1) is 5.82 Å². The van der Waals surface area contributed by atoms with Crippen molar-refractivity contribution >= 4 is 27.3 Å². The second-order valence-electron chi connectivity index (χ2n) is 2.50. The number of thiazole rings is 1. The van der Waals surface area contributed by atoms with Gasteiger partial charge >= 0.3 is 0 Å². The molecule has 0 atom stereocenters. The molecule has 13 heavy (non-hydrogen) atoms. The molecule has 0 radical (unpaired) electrons. The molecule has 0 fully saturated rings. The van der Waals surface area contributed by atoms with Crippen LogP contribution < -0.4 is 0 Å². The van der Waals surface area contributed by atoms with Gasteiger partial charge in [-0.25, -0.2) is 9.37 Å². The molecule has 0 saturated carbocycles. The van der Waals surface area contributed by atoms with Crippen LogP contribution in [0.1, 0.15) is 0 Å². The summed E-state index contributed by atoms with van der Waals surface area (Å²) in [5.74, 6) is -0.259. The van der Waals surface area contributed by atoms with Crippen LogP contribution in [0.25, 0.3) is 11.3 Å². The van der Waals surface area contributed by atoms with E-state index in [4.69, 9.17) is 0 Å². The third-order valence-corrected chi connectivity index (χ3v) is 2.88. The number of aromatic nitrogens is 1. The van der Waals surface area contributed by atoms with Crippen LogP contribution in [0.3, 0.4) is 0 Å². The average molecular weight is 258 g/mol. The summed E-state index contributed by atoms with van der Waals surface area (Å²) in [4.78, 5) is 4.09. The van der Waals surface area contributed by atoms with E-state index < -0.39 is 0 Å². The summed E-state index contributed by atoms with van der Waals surface area (Å²) in [6, 6.07) is 4.99. The zero-order chi connectivity index (χ0) is 9.26. The maximum Gasteiger partial charge on any atom is 0.138 e. The molecule has 0 N–H and O–H groups in total. The van der Waals surface area contributed by atoms with Gasteiger partial charge in [-0.3, -0.25) is 0 Å². The lowest BCUT2D eigenvalue weighted by Crippen LogP contribution is -1.81. The first-order valence-corrected chi connectivity index (χ1v) is 5.34. The summed E-state index contributed by atoms with van der Waals surface area (Å²) in [7, 11) is 0. The maximum atomic E-state index is 13.1. The summed E-state index contributed by atoms with van der Waals surface area (Å²) in [6.07, 6.45) is 0. The molecule has 0 aliphatic heterocycles. The topological polar surface area (TPSA) is 12.9 Å². The number of benzene rings is 1. The number of nitrogens with zero attached hydrogens (tertiary/aromatic N) is 1. The van der Waals surface area contributed by atoms with Gasteiger partial charge in [0, 0.05) is 10.9 Å².